The standard InChI is InChI=1S/C30H35FN4O4/c1-19(21-6-7-21)34(17-20-4-8-23(31)9-5-20)27(36)18-35-28(37)30(39-29(35)38)13-12-22-15-24(10-11-26(22)30)33-25-3-2-14-32-16-25/h4-5,8-11,15,19,21,25,32-33H,2-3,6-7,12-14,16-18H2,1H3/t19-,25?,30?/m0/s1. The number of rotatable bonds is 8. The molecule has 8 nitrogen and oxygen atoms in total. The van der Waals surface area contributed by atoms with Gasteiger partial charge in [0.1, 0.15) is 12.4 Å². The third-order valence-corrected chi connectivity index (χ3v) is 8.70. The van der Waals surface area contributed by atoms with E-state index < -0.39 is 17.6 Å². The van der Waals surface area contributed by atoms with E-state index in [1.54, 1.807) is 17.0 Å². The molecule has 206 valence electrons. The van der Waals surface area contributed by atoms with Crippen LogP contribution in [-0.2, 0) is 32.9 Å². The summed E-state index contributed by atoms with van der Waals surface area (Å²) in [6, 6.07) is 12.2. The maximum atomic E-state index is 13.7. The Kier molecular flexibility index (Phi) is 6.79. The molecule has 1 spiro atoms. The Labute approximate surface area is 227 Å². The molecule has 0 bridgehead atoms. The van der Waals surface area contributed by atoms with Crippen molar-refractivity contribution in [1.29, 1.82) is 0 Å². The fraction of sp³-hybridized carbons (Fsp3) is 0.500. The number of carbonyl (C=O) groups is 3. The van der Waals surface area contributed by atoms with Crippen LogP contribution < -0.4 is 10.6 Å². The van der Waals surface area contributed by atoms with Gasteiger partial charge in [0.25, 0.3) is 5.91 Å². The molecule has 3 fully saturated rings. The van der Waals surface area contributed by atoms with Crippen molar-refractivity contribution in [2.75, 3.05) is 25.0 Å². The van der Waals surface area contributed by atoms with E-state index in [1.807, 2.05) is 19.1 Å². The number of ether oxygens (including phenoxy) is 1. The van der Waals surface area contributed by atoms with Gasteiger partial charge in [-0.05, 0) is 86.9 Å². The minimum atomic E-state index is -1.37. The van der Waals surface area contributed by atoms with E-state index in [2.05, 4.69) is 16.7 Å². The van der Waals surface area contributed by atoms with E-state index in [1.165, 1.54) is 12.1 Å². The van der Waals surface area contributed by atoms with Crippen LogP contribution in [0.5, 0.6) is 0 Å². The van der Waals surface area contributed by atoms with Gasteiger partial charge in [0.2, 0.25) is 11.5 Å². The van der Waals surface area contributed by atoms with Gasteiger partial charge in [0.15, 0.2) is 0 Å². The van der Waals surface area contributed by atoms with Crippen LogP contribution in [0.1, 0.15) is 55.7 Å². The number of aryl methyl sites for hydroxylation is 1. The van der Waals surface area contributed by atoms with Gasteiger partial charge in [-0.15, -0.1) is 0 Å². The molecule has 2 unspecified atom stereocenters. The van der Waals surface area contributed by atoms with Gasteiger partial charge >= 0.3 is 6.09 Å². The Balaban J connectivity index is 1.18. The predicted octanol–water partition coefficient (Wildman–Crippen LogP) is 3.94. The van der Waals surface area contributed by atoms with Gasteiger partial charge in [-0.25, -0.2) is 14.1 Å². The second-order valence-corrected chi connectivity index (χ2v) is 11.4. The molecule has 2 heterocycles. The summed E-state index contributed by atoms with van der Waals surface area (Å²) in [5, 5.41) is 6.97. The SMILES string of the molecule is C[C@@H](C1CC1)N(Cc1ccc(F)cc1)C(=O)CN1C(=O)OC2(CCc3cc(NC4CCCNC4)ccc32)C1=O. The van der Waals surface area contributed by atoms with Gasteiger partial charge in [-0.3, -0.25) is 9.59 Å². The van der Waals surface area contributed by atoms with Crippen molar-refractivity contribution in [1.82, 2.24) is 15.1 Å². The van der Waals surface area contributed by atoms with Crippen molar-refractivity contribution in [2.45, 2.75) is 69.7 Å². The highest BCUT2D eigenvalue weighted by Crippen LogP contribution is 2.46. The molecule has 4 aliphatic rings. The molecular weight excluding hydrogens is 499 g/mol. The lowest BCUT2D eigenvalue weighted by Crippen LogP contribution is -2.47. The van der Waals surface area contributed by atoms with Crippen molar-refractivity contribution in [3.8, 4) is 0 Å². The monoisotopic (exact) mass is 534 g/mol. The number of hydrogen-bond acceptors (Lipinski definition) is 6. The molecule has 3 amide bonds. The number of fused-ring (bicyclic) bond motifs is 2. The summed E-state index contributed by atoms with van der Waals surface area (Å²) >= 11 is 0. The molecule has 2 N–H and O–H groups in total. The zero-order chi connectivity index (χ0) is 27.1. The molecule has 2 saturated heterocycles. The molecule has 1 saturated carbocycles. The van der Waals surface area contributed by atoms with Gasteiger partial charge < -0.3 is 20.3 Å². The van der Waals surface area contributed by atoms with Crippen molar-refractivity contribution in [2.24, 2.45) is 5.92 Å². The lowest BCUT2D eigenvalue weighted by Gasteiger charge is -2.30. The van der Waals surface area contributed by atoms with E-state index >= 15 is 0 Å². The highest BCUT2D eigenvalue weighted by molar-refractivity contribution is 6.06. The molecule has 9 heteroatoms. The number of anilines is 1. The largest absolute Gasteiger partial charge is 0.427 e. The van der Waals surface area contributed by atoms with E-state index in [9.17, 15) is 18.8 Å². The second-order valence-electron chi connectivity index (χ2n) is 11.4. The molecule has 3 atom stereocenters. The number of benzene rings is 2. The molecule has 2 aliphatic heterocycles. The first-order valence-electron chi connectivity index (χ1n) is 14.0. The Morgan fingerprint density at radius 2 is 2.00 bits per heavy atom. The lowest BCUT2D eigenvalue weighted by molar-refractivity contribution is -0.143. The van der Waals surface area contributed by atoms with Gasteiger partial charge in [-0.2, -0.15) is 0 Å². The van der Waals surface area contributed by atoms with Crippen molar-refractivity contribution in [3.63, 3.8) is 0 Å². The lowest BCUT2D eigenvalue weighted by atomic mass is 9.94. The fourth-order valence-electron chi connectivity index (χ4n) is 6.26. The van der Waals surface area contributed by atoms with Crippen LogP contribution in [0.25, 0.3) is 0 Å². The molecule has 0 radical (unpaired) electrons. The summed E-state index contributed by atoms with van der Waals surface area (Å²) < 4.78 is 19.2. The van der Waals surface area contributed by atoms with Crippen molar-refractivity contribution in [3.05, 3.63) is 65.0 Å². The third kappa shape index (κ3) is 5.00. The Morgan fingerprint density at radius 3 is 2.72 bits per heavy atom. The number of piperidine rings is 1. The summed E-state index contributed by atoms with van der Waals surface area (Å²) in [4.78, 5) is 43.0. The highest BCUT2D eigenvalue weighted by Gasteiger charge is 2.58. The average molecular weight is 535 g/mol. The maximum absolute atomic E-state index is 13.7. The number of amides is 3. The topological polar surface area (TPSA) is 91.0 Å². The first-order chi connectivity index (χ1) is 18.8. The molecule has 2 aliphatic carbocycles. The molecule has 6 rings (SSSR count). The van der Waals surface area contributed by atoms with E-state index in [0.29, 0.717) is 30.4 Å². The van der Waals surface area contributed by atoms with Crippen LogP contribution in [-0.4, -0.2) is 59.4 Å². The molecule has 39 heavy (non-hydrogen) atoms. The second kappa shape index (κ2) is 10.3. The van der Waals surface area contributed by atoms with Crippen molar-refractivity contribution >= 4 is 23.6 Å². The zero-order valence-electron chi connectivity index (χ0n) is 22.2. The normalized spacial score (nSPS) is 25.0. The molecule has 2 aromatic carbocycles. The molecule has 0 aromatic heterocycles. The van der Waals surface area contributed by atoms with Crippen LogP contribution in [0.4, 0.5) is 14.9 Å². The van der Waals surface area contributed by atoms with Crippen LogP contribution in [0.15, 0.2) is 42.5 Å². The number of imide groups is 1. The predicted molar refractivity (Wildman–Crippen MR) is 143 cm³/mol. The van der Waals surface area contributed by atoms with E-state index in [0.717, 1.165) is 60.5 Å². The summed E-state index contributed by atoms with van der Waals surface area (Å²) in [5.41, 5.74) is 2.11. The van der Waals surface area contributed by atoms with Gasteiger partial charge in [0, 0.05) is 42.8 Å². The molecule has 2 aromatic rings. The Hall–Kier alpha value is -3.46. The minimum absolute atomic E-state index is 0.0530. The summed E-state index contributed by atoms with van der Waals surface area (Å²) in [7, 11) is 0. The highest BCUT2D eigenvalue weighted by atomic mass is 19.1. The van der Waals surface area contributed by atoms with Crippen LogP contribution in [0.3, 0.4) is 0 Å². The van der Waals surface area contributed by atoms with Crippen LogP contribution >= 0.6 is 0 Å². The first-order valence-corrected chi connectivity index (χ1v) is 14.0. The number of nitrogens with zero attached hydrogens (tertiary/aromatic N) is 2. The van der Waals surface area contributed by atoms with Gasteiger partial charge in [0.05, 0.1) is 0 Å². The number of nitrogens with one attached hydrogen (secondary N) is 2. The van der Waals surface area contributed by atoms with E-state index in [-0.39, 0.29) is 30.9 Å². The first kappa shape index (κ1) is 25.8. The minimum Gasteiger partial charge on any atom is -0.427 e. The zero-order valence-corrected chi connectivity index (χ0v) is 22.2. The maximum Gasteiger partial charge on any atom is 0.418 e. The number of carbonyl (C=O) groups excluding carboxylic acids is 3. The number of halogens is 1. The van der Waals surface area contributed by atoms with E-state index in [4.69, 9.17) is 4.74 Å². The van der Waals surface area contributed by atoms with Crippen LogP contribution in [0.2, 0.25) is 0 Å². The Bertz CT molecular complexity index is 1270. The average Bonchev–Trinajstić information content (AvgIpc) is 3.69. The molecular formula is C30H35FN4O4. The summed E-state index contributed by atoms with van der Waals surface area (Å²) in [6.45, 7) is 3.86. The quantitative estimate of drug-likeness (QED) is 0.533. The van der Waals surface area contributed by atoms with Crippen molar-refractivity contribution < 1.29 is 23.5 Å². The fourth-order valence-corrected chi connectivity index (χ4v) is 6.26. The number of hydrogen-bond donors (Lipinski definition) is 2. The summed E-state index contributed by atoms with van der Waals surface area (Å²) in [5.74, 6) is -0.748. The third-order valence-electron chi connectivity index (χ3n) is 8.70. The van der Waals surface area contributed by atoms with Crippen LogP contribution in [0, 0.1) is 11.7 Å². The van der Waals surface area contributed by atoms with Gasteiger partial charge in [-0.1, -0.05) is 18.2 Å². The smallest absolute Gasteiger partial charge is 0.418 e. The summed E-state index contributed by atoms with van der Waals surface area (Å²) in [6.07, 6.45) is 4.50. The Morgan fingerprint density at radius 1 is 1.21 bits per heavy atom.